The summed E-state index contributed by atoms with van der Waals surface area (Å²) in [5.74, 6) is -0.674. The summed E-state index contributed by atoms with van der Waals surface area (Å²) in [4.78, 5) is 12.9. The molecule has 0 bridgehead atoms. The van der Waals surface area contributed by atoms with Crippen molar-refractivity contribution in [3.8, 4) is 28.4 Å². The molecule has 0 radical (unpaired) electrons. The minimum absolute atomic E-state index is 0.0382. The van der Waals surface area contributed by atoms with Crippen LogP contribution in [0.2, 0.25) is 0 Å². The minimum Gasteiger partial charge on any atom is -0.507 e. The van der Waals surface area contributed by atoms with Crippen LogP contribution >= 0.6 is 0 Å². The van der Waals surface area contributed by atoms with Gasteiger partial charge >= 0.3 is 0 Å². The Morgan fingerprint density at radius 3 is 2.39 bits per heavy atom. The Labute approximate surface area is 174 Å². The zero-order chi connectivity index (χ0) is 22.3. The summed E-state index contributed by atoms with van der Waals surface area (Å²) in [5, 5.41) is 59.3. The van der Waals surface area contributed by atoms with Crippen LogP contribution in [-0.4, -0.2) is 68.0 Å². The Hall–Kier alpha value is -3.15. The van der Waals surface area contributed by atoms with Crippen LogP contribution in [0.25, 0.3) is 22.1 Å². The molecule has 0 saturated carbocycles. The SMILES string of the molecule is O=c1c(-c2ccccc2O)coc2cc(OC3OC(CO)C(O)C(O)C3O)cc(O)c12. The van der Waals surface area contributed by atoms with Gasteiger partial charge in [-0.3, -0.25) is 4.79 Å². The van der Waals surface area contributed by atoms with Gasteiger partial charge in [-0.25, -0.2) is 0 Å². The summed E-state index contributed by atoms with van der Waals surface area (Å²) < 4.78 is 16.2. The molecule has 0 aliphatic carbocycles. The molecular formula is C21H20O10. The molecule has 1 fully saturated rings. The second-order valence-corrected chi connectivity index (χ2v) is 7.13. The highest BCUT2D eigenvalue weighted by Crippen LogP contribution is 2.34. The molecule has 0 amide bonds. The highest BCUT2D eigenvalue weighted by Gasteiger charge is 2.44. The van der Waals surface area contributed by atoms with Gasteiger partial charge in [0.25, 0.3) is 0 Å². The first-order valence-electron chi connectivity index (χ1n) is 9.36. The second kappa shape index (κ2) is 8.17. The van der Waals surface area contributed by atoms with Gasteiger partial charge in [-0.1, -0.05) is 18.2 Å². The summed E-state index contributed by atoms with van der Waals surface area (Å²) in [7, 11) is 0. The molecule has 6 N–H and O–H groups in total. The summed E-state index contributed by atoms with van der Waals surface area (Å²) >= 11 is 0. The molecule has 164 valence electrons. The molecule has 0 spiro atoms. The van der Waals surface area contributed by atoms with E-state index in [0.29, 0.717) is 0 Å². The van der Waals surface area contributed by atoms with Crippen molar-refractivity contribution in [1.82, 2.24) is 0 Å². The van der Waals surface area contributed by atoms with Crippen molar-refractivity contribution in [2.45, 2.75) is 30.7 Å². The average Bonchev–Trinajstić information content (AvgIpc) is 2.75. The third kappa shape index (κ3) is 3.71. The van der Waals surface area contributed by atoms with Crippen LogP contribution in [0.1, 0.15) is 0 Å². The third-order valence-corrected chi connectivity index (χ3v) is 5.13. The van der Waals surface area contributed by atoms with E-state index < -0.39 is 48.5 Å². The Balaban J connectivity index is 1.70. The molecule has 2 aromatic carbocycles. The van der Waals surface area contributed by atoms with Crippen LogP contribution in [0.3, 0.4) is 0 Å². The number of aliphatic hydroxyl groups is 4. The number of hydrogen-bond acceptors (Lipinski definition) is 10. The molecule has 1 aliphatic rings. The number of rotatable bonds is 4. The van der Waals surface area contributed by atoms with Crippen LogP contribution in [0.15, 0.2) is 51.9 Å². The van der Waals surface area contributed by atoms with Gasteiger partial charge in [0.15, 0.2) is 0 Å². The second-order valence-electron chi connectivity index (χ2n) is 7.13. The van der Waals surface area contributed by atoms with Crippen molar-refractivity contribution in [3.63, 3.8) is 0 Å². The van der Waals surface area contributed by atoms with Crippen molar-refractivity contribution in [2.24, 2.45) is 0 Å². The molecule has 2 heterocycles. The van der Waals surface area contributed by atoms with Crippen molar-refractivity contribution in [3.05, 3.63) is 52.9 Å². The third-order valence-electron chi connectivity index (χ3n) is 5.13. The maximum Gasteiger partial charge on any atom is 0.229 e. The first-order valence-corrected chi connectivity index (χ1v) is 9.36. The predicted octanol–water partition coefficient (Wildman–Crippen LogP) is 0.0499. The Morgan fingerprint density at radius 2 is 1.68 bits per heavy atom. The van der Waals surface area contributed by atoms with Gasteiger partial charge in [0.2, 0.25) is 11.7 Å². The highest BCUT2D eigenvalue weighted by atomic mass is 16.7. The summed E-state index contributed by atoms with van der Waals surface area (Å²) in [6.07, 6.45) is -6.33. The molecule has 5 atom stereocenters. The Kier molecular flexibility index (Phi) is 5.56. The van der Waals surface area contributed by atoms with E-state index >= 15 is 0 Å². The average molecular weight is 432 g/mol. The van der Waals surface area contributed by atoms with Crippen LogP contribution in [0.4, 0.5) is 0 Å². The molecule has 10 nitrogen and oxygen atoms in total. The molecule has 1 saturated heterocycles. The van der Waals surface area contributed by atoms with E-state index in [2.05, 4.69) is 0 Å². The number of fused-ring (bicyclic) bond motifs is 1. The van der Waals surface area contributed by atoms with Gasteiger partial charge < -0.3 is 44.5 Å². The monoisotopic (exact) mass is 432 g/mol. The summed E-state index contributed by atoms with van der Waals surface area (Å²) in [6.45, 7) is -0.627. The molecule has 5 unspecified atom stereocenters. The maximum absolute atomic E-state index is 12.9. The molecule has 1 aliphatic heterocycles. The number of aromatic hydroxyl groups is 2. The number of phenols is 2. The van der Waals surface area contributed by atoms with Crippen LogP contribution in [0, 0.1) is 0 Å². The zero-order valence-corrected chi connectivity index (χ0v) is 16.0. The van der Waals surface area contributed by atoms with E-state index in [0.717, 1.165) is 12.3 Å². The number of para-hydroxylation sites is 1. The quantitative estimate of drug-likeness (QED) is 0.331. The lowest BCUT2D eigenvalue weighted by Crippen LogP contribution is -2.60. The van der Waals surface area contributed by atoms with E-state index in [1.54, 1.807) is 12.1 Å². The van der Waals surface area contributed by atoms with Gasteiger partial charge in [-0.2, -0.15) is 0 Å². The Morgan fingerprint density at radius 1 is 0.935 bits per heavy atom. The van der Waals surface area contributed by atoms with Gasteiger partial charge in [-0.15, -0.1) is 0 Å². The van der Waals surface area contributed by atoms with E-state index in [-0.39, 0.29) is 33.6 Å². The maximum atomic E-state index is 12.9. The van der Waals surface area contributed by atoms with Gasteiger partial charge in [0, 0.05) is 17.7 Å². The van der Waals surface area contributed by atoms with Gasteiger partial charge in [-0.05, 0) is 6.07 Å². The molecule has 10 heteroatoms. The number of aliphatic hydroxyl groups excluding tert-OH is 4. The number of hydrogen-bond donors (Lipinski definition) is 6. The first kappa shape index (κ1) is 21.1. The van der Waals surface area contributed by atoms with Crippen molar-refractivity contribution < 1.29 is 44.5 Å². The minimum atomic E-state index is -1.65. The fourth-order valence-electron chi connectivity index (χ4n) is 3.46. The topological polar surface area (TPSA) is 170 Å². The highest BCUT2D eigenvalue weighted by molar-refractivity contribution is 5.88. The van der Waals surface area contributed by atoms with Crippen LogP contribution in [-0.2, 0) is 4.74 Å². The van der Waals surface area contributed by atoms with Crippen LogP contribution in [0.5, 0.6) is 17.2 Å². The van der Waals surface area contributed by atoms with E-state index in [1.807, 2.05) is 0 Å². The lowest BCUT2D eigenvalue weighted by molar-refractivity contribution is -0.277. The largest absolute Gasteiger partial charge is 0.507 e. The molecule has 1 aromatic heterocycles. The van der Waals surface area contributed by atoms with Gasteiger partial charge in [0.1, 0.15) is 58.9 Å². The van der Waals surface area contributed by atoms with E-state index in [4.69, 9.17) is 13.9 Å². The molecular weight excluding hydrogens is 412 g/mol. The molecule has 3 aromatic rings. The first-order chi connectivity index (χ1) is 14.8. The lowest BCUT2D eigenvalue weighted by atomic mass is 9.99. The summed E-state index contributed by atoms with van der Waals surface area (Å²) in [5.41, 5.74) is -0.342. The standard InChI is InChI=1S/C21H20O10/c22-7-15-18(26)19(27)20(28)21(31-15)30-9-5-13(24)16-14(6-9)29-8-11(17(16)25)10-3-1-2-4-12(10)23/h1-6,8,15,18-24,26-28H,7H2. The van der Waals surface area contributed by atoms with E-state index in [9.17, 15) is 35.4 Å². The smallest absolute Gasteiger partial charge is 0.229 e. The molecule has 31 heavy (non-hydrogen) atoms. The van der Waals surface area contributed by atoms with Crippen LogP contribution < -0.4 is 10.2 Å². The molecule has 4 rings (SSSR count). The fraction of sp³-hybridized carbons (Fsp3) is 0.286. The predicted molar refractivity (Wildman–Crippen MR) is 106 cm³/mol. The van der Waals surface area contributed by atoms with Gasteiger partial charge in [0.05, 0.1) is 12.2 Å². The van der Waals surface area contributed by atoms with E-state index in [1.165, 1.54) is 18.2 Å². The number of ether oxygens (including phenoxy) is 2. The number of phenolic OH excluding ortho intramolecular Hbond substituents is 2. The lowest BCUT2D eigenvalue weighted by Gasteiger charge is -2.39. The summed E-state index contributed by atoms with van der Waals surface area (Å²) in [6, 6.07) is 8.54. The fourth-order valence-corrected chi connectivity index (χ4v) is 3.46. The zero-order valence-electron chi connectivity index (χ0n) is 16.0. The Bertz CT molecular complexity index is 1150. The normalized spacial score (nSPS) is 26.1. The van der Waals surface area contributed by atoms with Crippen molar-refractivity contribution in [1.29, 1.82) is 0 Å². The van der Waals surface area contributed by atoms with Crippen molar-refractivity contribution >= 4 is 11.0 Å². The number of benzene rings is 2. The van der Waals surface area contributed by atoms with Crippen molar-refractivity contribution in [2.75, 3.05) is 6.61 Å².